The van der Waals surface area contributed by atoms with Crippen LogP contribution in [0, 0.1) is 28.6 Å². The number of hydrogen-bond acceptors (Lipinski definition) is 1. The molecule has 4 saturated carbocycles. The van der Waals surface area contributed by atoms with E-state index in [9.17, 15) is 4.79 Å². The van der Waals surface area contributed by atoms with E-state index >= 15 is 0 Å². The number of rotatable bonds is 0. The van der Waals surface area contributed by atoms with Crippen molar-refractivity contribution < 1.29 is 4.79 Å². The van der Waals surface area contributed by atoms with E-state index in [-0.39, 0.29) is 11.3 Å². The Morgan fingerprint density at radius 2 is 2.06 bits per heavy atom. The van der Waals surface area contributed by atoms with Crippen molar-refractivity contribution in [1.29, 1.82) is 0 Å². The summed E-state index contributed by atoms with van der Waals surface area (Å²) in [6.45, 7) is 11.2. The molecule has 0 saturated heterocycles. The molecule has 4 aliphatic rings. The van der Waals surface area contributed by atoms with Crippen LogP contribution in [0.3, 0.4) is 0 Å². The Hall–Kier alpha value is -0.590. The van der Waals surface area contributed by atoms with Crippen molar-refractivity contribution in [3.8, 4) is 0 Å². The lowest BCUT2D eigenvalue weighted by molar-refractivity contribution is -0.122. The SMILES string of the molecule is C=C1C[C@@]23CC[C@@H]1C(C)(C)[C@@H]2CC(=O)[C@@H]3C. The molecule has 0 aromatic carbocycles. The van der Waals surface area contributed by atoms with Crippen LogP contribution >= 0.6 is 0 Å². The molecule has 2 bridgehead atoms. The normalized spacial score (nSPS) is 49.6. The van der Waals surface area contributed by atoms with E-state index in [0.29, 0.717) is 23.0 Å². The maximum atomic E-state index is 12.1. The molecular formula is C15H22O. The van der Waals surface area contributed by atoms with Gasteiger partial charge in [0.1, 0.15) is 5.78 Å². The molecular weight excluding hydrogens is 196 g/mol. The van der Waals surface area contributed by atoms with Gasteiger partial charge in [0.05, 0.1) is 0 Å². The van der Waals surface area contributed by atoms with Crippen LogP contribution in [0.15, 0.2) is 12.2 Å². The first-order valence-corrected chi connectivity index (χ1v) is 6.60. The highest BCUT2D eigenvalue weighted by Gasteiger charge is 2.64. The van der Waals surface area contributed by atoms with Crippen molar-refractivity contribution in [2.75, 3.05) is 0 Å². The molecule has 0 heterocycles. The van der Waals surface area contributed by atoms with Gasteiger partial charge < -0.3 is 0 Å². The molecule has 4 rings (SSSR count). The summed E-state index contributed by atoms with van der Waals surface area (Å²) in [7, 11) is 0. The summed E-state index contributed by atoms with van der Waals surface area (Å²) < 4.78 is 0. The standard InChI is InChI=1S/C15H22O/c1-9-8-15-6-5-11(9)14(3,4)13(15)7-12(16)10(15)2/h10-11,13H,1,5-8H2,2-4H3/t10-,11-,13-,15+/m0/s1. The average Bonchev–Trinajstić information content (AvgIpc) is 2.44. The van der Waals surface area contributed by atoms with Gasteiger partial charge in [0.15, 0.2) is 0 Å². The summed E-state index contributed by atoms with van der Waals surface area (Å²) in [5.41, 5.74) is 2.01. The van der Waals surface area contributed by atoms with Gasteiger partial charge in [-0.3, -0.25) is 4.79 Å². The van der Waals surface area contributed by atoms with E-state index in [2.05, 4.69) is 27.4 Å². The van der Waals surface area contributed by atoms with Crippen LogP contribution in [-0.4, -0.2) is 5.78 Å². The smallest absolute Gasteiger partial charge is 0.136 e. The highest BCUT2D eigenvalue weighted by atomic mass is 16.1. The lowest BCUT2D eigenvalue weighted by atomic mass is 9.44. The third kappa shape index (κ3) is 0.959. The van der Waals surface area contributed by atoms with E-state index < -0.39 is 0 Å². The Labute approximate surface area is 98.3 Å². The second-order valence-electron chi connectivity index (χ2n) is 6.93. The minimum absolute atomic E-state index is 0.273. The van der Waals surface area contributed by atoms with E-state index in [4.69, 9.17) is 0 Å². The highest BCUT2D eigenvalue weighted by molar-refractivity contribution is 5.85. The zero-order valence-corrected chi connectivity index (χ0v) is 10.7. The largest absolute Gasteiger partial charge is 0.299 e. The third-order valence-corrected chi connectivity index (χ3v) is 6.19. The van der Waals surface area contributed by atoms with Crippen molar-refractivity contribution >= 4 is 5.78 Å². The average molecular weight is 218 g/mol. The molecule has 0 aromatic rings. The van der Waals surface area contributed by atoms with Gasteiger partial charge in [0.25, 0.3) is 0 Å². The molecule has 0 amide bonds. The molecule has 4 fully saturated rings. The van der Waals surface area contributed by atoms with Crippen LogP contribution in [0.1, 0.15) is 46.5 Å². The van der Waals surface area contributed by atoms with Crippen LogP contribution in [0.4, 0.5) is 0 Å². The van der Waals surface area contributed by atoms with Crippen LogP contribution in [0.2, 0.25) is 0 Å². The van der Waals surface area contributed by atoms with E-state index in [1.807, 2.05) is 0 Å². The van der Waals surface area contributed by atoms with Crippen molar-refractivity contribution in [1.82, 2.24) is 0 Å². The fraction of sp³-hybridized carbons (Fsp3) is 0.800. The Balaban J connectivity index is 2.14. The van der Waals surface area contributed by atoms with E-state index in [1.54, 1.807) is 0 Å². The van der Waals surface area contributed by atoms with Crippen LogP contribution in [-0.2, 0) is 4.79 Å². The number of ketones is 1. The third-order valence-electron chi connectivity index (χ3n) is 6.19. The molecule has 1 nitrogen and oxygen atoms in total. The first kappa shape index (κ1) is 10.6. The summed E-state index contributed by atoms with van der Waals surface area (Å²) >= 11 is 0. The minimum Gasteiger partial charge on any atom is -0.299 e. The van der Waals surface area contributed by atoms with Gasteiger partial charge in [0, 0.05) is 12.3 Å². The fourth-order valence-corrected chi connectivity index (χ4v) is 5.27. The van der Waals surface area contributed by atoms with Gasteiger partial charge in [0.2, 0.25) is 0 Å². The van der Waals surface area contributed by atoms with Crippen LogP contribution in [0.25, 0.3) is 0 Å². The summed E-state index contributed by atoms with van der Waals surface area (Å²) in [6.07, 6.45) is 4.48. The second-order valence-corrected chi connectivity index (χ2v) is 6.93. The molecule has 0 aliphatic heterocycles. The Bertz CT molecular complexity index is 379. The minimum atomic E-state index is 0.273. The zero-order valence-electron chi connectivity index (χ0n) is 10.7. The Morgan fingerprint density at radius 3 is 2.69 bits per heavy atom. The van der Waals surface area contributed by atoms with Crippen molar-refractivity contribution in [2.45, 2.75) is 46.5 Å². The first-order valence-electron chi connectivity index (χ1n) is 6.60. The quantitative estimate of drug-likeness (QED) is 0.568. The topological polar surface area (TPSA) is 17.1 Å². The monoisotopic (exact) mass is 218 g/mol. The van der Waals surface area contributed by atoms with Gasteiger partial charge in [-0.15, -0.1) is 0 Å². The van der Waals surface area contributed by atoms with Gasteiger partial charge >= 0.3 is 0 Å². The summed E-state index contributed by atoms with van der Waals surface area (Å²) in [5.74, 6) is 2.06. The van der Waals surface area contributed by atoms with Gasteiger partial charge in [-0.2, -0.15) is 0 Å². The van der Waals surface area contributed by atoms with E-state index in [1.165, 1.54) is 18.4 Å². The second kappa shape index (κ2) is 2.80. The van der Waals surface area contributed by atoms with Gasteiger partial charge in [-0.1, -0.05) is 32.9 Å². The Kier molecular flexibility index (Phi) is 1.85. The number of carbonyl (C=O) groups excluding carboxylic acids is 1. The maximum Gasteiger partial charge on any atom is 0.136 e. The van der Waals surface area contributed by atoms with Crippen molar-refractivity contribution in [3.63, 3.8) is 0 Å². The Morgan fingerprint density at radius 1 is 1.38 bits per heavy atom. The number of hydrogen-bond donors (Lipinski definition) is 0. The molecule has 1 spiro atoms. The summed E-state index contributed by atoms with van der Waals surface area (Å²) in [5, 5.41) is 0. The van der Waals surface area contributed by atoms with Crippen molar-refractivity contribution in [3.05, 3.63) is 12.2 Å². The number of allylic oxidation sites excluding steroid dienone is 1. The molecule has 4 aliphatic carbocycles. The number of carbonyl (C=O) groups is 1. The van der Waals surface area contributed by atoms with E-state index in [0.717, 1.165) is 12.8 Å². The zero-order chi connectivity index (χ0) is 11.7. The van der Waals surface area contributed by atoms with Crippen LogP contribution < -0.4 is 0 Å². The lowest BCUT2D eigenvalue weighted by Crippen LogP contribution is -2.53. The molecule has 1 heteroatoms. The number of fused-ring (bicyclic) bond motifs is 2. The summed E-state index contributed by atoms with van der Waals surface area (Å²) in [6, 6.07) is 0. The fourth-order valence-electron chi connectivity index (χ4n) is 5.27. The lowest BCUT2D eigenvalue weighted by Gasteiger charge is -2.60. The molecule has 88 valence electrons. The molecule has 0 unspecified atom stereocenters. The van der Waals surface area contributed by atoms with Gasteiger partial charge in [-0.25, -0.2) is 0 Å². The number of Topliss-reactive ketones (excluding diaryl/α,β-unsaturated/α-hetero) is 1. The molecule has 4 atom stereocenters. The maximum absolute atomic E-state index is 12.1. The van der Waals surface area contributed by atoms with Gasteiger partial charge in [-0.05, 0) is 41.9 Å². The first-order chi connectivity index (χ1) is 7.39. The highest BCUT2D eigenvalue weighted by Crippen LogP contribution is 2.70. The molecule has 0 radical (unpaired) electrons. The summed E-state index contributed by atoms with van der Waals surface area (Å²) in [4.78, 5) is 12.1. The molecule has 16 heavy (non-hydrogen) atoms. The predicted molar refractivity (Wildman–Crippen MR) is 65.0 cm³/mol. The van der Waals surface area contributed by atoms with Crippen molar-refractivity contribution in [2.24, 2.45) is 28.6 Å². The molecule has 0 aromatic heterocycles. The van der Waals surface area contributed by atoms with Crippen LogP contribution in [0.5, 0.6) is 0 Å². The molecule has 0 N–H and O–H groups in total. The predicted octanol–water partition coefficient (Wildman–Crippen LogP) is 3.59.